The van der Waals surface area contributed by atoms with Gasteiger partial charge >= 0.3 is 0 Å². The number of aromatic nitrogens is 1. The van der Waals surface area contributed by atoms with E-state index in [1.165, 1.54) is 0 Å². The van der Waals surface area contributed by atoms with Crippen molar-refractivity contribution in [3.63, 3.8) is 0 Å². The topological polar surface area (TPSA) is 67.0 Å². The minimum Gasteiger partial charge on any atom is -0.356 e. The summed E-state index contributed by atoms with van der Waals surface area (Å²) in [6.07, 6.45) is 0. The van der Waals surface area contributed by atoms with Crippen LogP contribution in [0.25, 0.3) is 11.3 Å². The normalized spacial score (nSPS) is 18.9. The van der Waals surface area contributed by atoms with Gasteiger partial charge in [-0.1, -0.05) is 36.4 Å². The standard InChI is InChI=1S/C22H19N3O2/c1-22(16-6-4-3-5-7-16)18-12-15(20-11-9-17(13-23)25(20)2)8-10-19(18)24-21(26)14-27-22/h3-12H,14H2,1-2H3,(H,24,26). The van der Waals surface area contributed by atoms with Crippen LogP contribution in [-0.4, -0.2) is 17.1 Å². The quantitative estimate of drug-likeness (QED) is 0.759. The largest absolute Gasteiger partial charge is 0.356 e. The number of fused-ring (bicyclic) bond motifs is 1. The predicted octanol–water partition coefficient (Wildman–Crippen LogP) is 3.80. The highest BCUT2D eigenvalue weighted by atomic mass is 16.5. The molecule has 0 saturated carbocycles. The Morgan fingerprint density at radius 2 is 1.93 bits per heavy atom. The Balaban J connectivity index is 1.92. The number of nitriles is 1. The summed E-state index contributed by atoms with van der Waals surface area (Å²) in [5.74, 6) is -0.172. The molecule has 1 unspecified atom stereocenters. The molecule has 3 aromatic rings. The van der Waals surface area contributed by atoms with Crippen molar-refractivity contribution in [1.29, 1.82) is 5.26 Å². The van der Waals surface area contributed by atoms with E-state index >= 15 is 0 Å². The smallest absolute Gasteiger partial charge is 0.250 e. The zero-order valence-electron chi connectivity index (χ0n) is 15.2. The summed E-state index contributed by atoms with van der Waals surface area (Å²) in [6, 6.07) is 21.7. The van der Waals surface area contributed by atoms with Crippen molar-refractivity contribution in [2.75, 3.05) is 11.9 Å². The third-order valence-corrected chi connectivity index (χ3v) is 5.16. The minimum atomic E-state index is -0.769. The molecule has 5 heteroatoms. The van der Waals surface area contributed by atoms with Gasteiger partial charge in [-0.2, -0.15) is 5.26 Å². The van der Waals surface area contributed by atoms with Gasteiger partial charge in [-0.05, 0) is 42.3 Å². The van der Waals surface area contributed by atoms with Crippen molar-refractivity contribution in [3.05, 3.63) is 77.5 Å². The molecule has 1 aliphatic rings. The number of anilines is 1. The van der Waals surface area contributed by atoms with Crippen LogP contribution in [0.1, 0.15) is 23.7 Å². The lowest BCUT2D eigenvalue weighted by molar-refractivity contribution is -0.124. The predicted molar refractivity (Wildman–Crippen MR) is 103 cm³/mol. The number of ether oxygens (including phenoxy) is 1. The van der Waals surface area contributed by atoms with Crippen LogP contribution in [0.5, 0.6) is 0 Å². The Labute approximate surface area is 157 Å². The van der Waals surface area contributed by atoms with Gasteiger partial charge in [-0.15, -0.1) is 0 Å². The van der Waals surface area contributed by atoms with E-state index in [1.807, 2.05) is 73.1 Å². The zero-order valence-corrected chi connectivity index (χ0v) is 15.2. The van der Waals surface area contributed by atoms with Crippen molar-refractivity contribution >= 4 is 11.6 Å². The first kappa shape index (κ1) is 17.1. The van der Waals surface area contributed by atoms with Crippen LogP contribution in [0.15, 0.2) is 60.7 Å². The first-order chi connectivity index (χ1) is 13.0. The molecule has 0 saturated heterocycles. The fraction of sp³-hybridized carbons (Fsp3) is 0.182. The molecule has 0 aliphatic carbocycles. The molecule has 0 radical (unpaired) electrons. The van der Waals surface area contributed by atoms with E-state index in [0.29, 0.717) is 5.69 Å². The zero-order chi connectivity index (χ0) is 19.0. The summed E-state index contributed by atoms with van der Waals surface area (Å²) in [7, 11) is 1.87. The molecule has 27 heavy (non-hydrogen) atoms. The van der Waals surface area contributed by atoms with Gasteiger partial charge in [0, 0.05) is 24.0 Å². The molecule has 5 nitrogen and oxygen atoms in total. The average Bonchev–Trinajstić information content (AvgIpc) is 3.01. The van der Waals surface area contributed by atoms with Crippen molar-refractivity contribution in [2.45, 2.75) is 12.5 Å². The van der Waals surface area contributed by atoms with Gasteiger partial charge in [-0.25, -0.2) is 0 Å². The van der Waals surface area contributed by atoms with Gasteiger partial charge in [-0.3, -0.25) is 4.79 Å². The van der Waals surface area contributed by atoms with Crippen LogP contribution < -0.4 is 5.32 Å². The molecule has 134 valence electrons. The van der Waals surface area contributed by atoms with E-state index in [1.54, 1.807) is 6.07 Å². The highest BCUT2D eigenvalue weighted by Crippen LogP contribution is 2.41. The van der Waals surface area contributed by atoms with Crippen LogP contribution in [0.4, 0.5) is 5.69 Å². The molecule has 4 rings (SSSR count). The molecular formula is C22H19N3O2. The Morgan fingerprint density at radius 1 is 1.15 bits per heavy atom. The Kier molecular flexibility index (Phi) is 4.06. The molecule has 1 amide bonds. The SMILES string of the molecule is Cn1c(C#N)ccc1-c1ccc2c(c1)C(C)(c1ccccc1)OCC(=O)N2. The number of carbonyl (C=O) groups excluding carboxylic acids is 1. The van der Waals surface area contributed by atoms with E-state index < -0.39 is 5.60 Å². The third kappa shape index (κ3) is 2.80. The van der Waals surface area contributed by atoms with E-state index in [0.717, 1.165) is 28.1 Å². The van der Waals surface area contributed by atoms with E-state index in [2.05, 4.69) is 11.4 Å². The summed E-state index contributed by atoms with van der Waals surface area (Å²) in [4.78, 5) is 12.1. The minimum absolute atomic E-state index is 0.0157. The van der Waals surface area contributed by atoms with Crippen LogP contribution in [0.2, 0.25) is 0 Å². The van der Waals surface area contributed by atoms with Crippen molar-refractivity contribution < 1.29 is 9.53 Å². The second kappa shape index (κ2) is 6.42. The summed E-state index contributed by atoms with van der Waals surface area (Å²) in [5.41, 5.74) is 4.31. The van der Waals surface area contributed by atoms with Crippen molar-refractivity contribution in [1.82, 2.24) is 4.57 Å². The number of rotatable bonds is 2. The van der Waals surface area contributed by atoms with E-state index in [4.69, 9.17) is 4.74 Å². The number of carbonyl (C=O) groups is 1. The van der Waals surface area contributed by atoms with Gasteiger partial charge in [0.15, 0.2) is 0 Å². The molecule has 2 heterocycles. The maximum atomic E-state index is 12.1. The maximum absolute atomic E-state index is 12.1. The first-order valence-corrected chi connectivity index (χ1v) is 8.73. The number of amides is 1. The molecule has 0 bridgehead atoms. The molecule has 1 N–H and O–H groups in total. The number of hydrogen-bond donors (Lipinski definition) is 1. The van der Waals surface area contributed by atoms with E-state index in [9.17, 15) is 10.1 Å². The van der Waals surface area contributed by atoms with Crippen molar-refractivity contribution in [3.8, 4) is 17.3 Å². The Morgan fingerprint density at radius 3 is 2.63 bits per heavy atom. The van der Waals surface area contributed by atoms with Crippen molar-refractivity contribution in [2.24, 2.45) is 7.05 Å². The number of benzene rings is 2. The number of nitrogens with zero attached hydrogens (tertiary/aromatic N) is 2. The van der Waals surface area contributed by atoms with E-state index in [-0.39, 0.29) is 12.5 Å². The summed E-state index contributed by atoms with van der Waals surface area (Å²) >= 11 is 0. The fourth-order valence-electron chi connectivity index (χ4n) is 3.59. The van der Waals surface area contributed by atoms with Crippen LogP contribution in [0.3, 0.4) is 0 Å². The molecular weight excluding hydrogens is 338 g/mol. The molecule has 0 spiro atoms. The van der Waals surface area contributed by atoms with Gasteiger partial charge in [0.25, 0.3) is 0 Å². The Bertz CT molecular complexity index is 1060. The lowest BCUT2D eigenvalue weighted by atomic mass is 9.85. The first-order valence-electron chi connectivity index (χ1n) is 8.73. The number of hydrogen-bond acceptors (Lipinski definition) is 3. The highest BCUT2D eigenvalue weighted by molar-refractivity contribution is 5.94. The summed E-state index contributed by atoms with van der Waals surface area (Å²) in [6.45, 7) is 1.97. The van der Waals surface area contributed by atoms with Gasteiger partial charge in [0.05, 0.1) is 0 Å². The Hall–Kier alpha value is -3.36. The highest BCUT2D eigenvalue weighted by Gasteiger charge is 2.36. The van der Waals surface area contributed by atoms with Crippen LogP contribution in [-0.2, 0) is 22.2 Å². The molecule has 1 atom stereocenters. The number of nitrogens with one attached hydrogen (secondary N) is 1. The second-order valence-electron chi connectivity index (χ2n) is 6.77. The monoisotopic (exact) mass is 357 g/mol. The maximum Gasteiger partial charge on any atom is 0.250 e. The summed E-state index contributed by atoms with van der Waals surface area (Å²) < 4.78 is 7.95. The molecule has 1 aromatic heterocycles. The van der Waals surface area contributed by atoms with Crippen LogP contribution in [0, 0.1) is 11.3 Å². The average molecular weight is 357 g/mol. The molecule has 1 aliphatic heterocycles. The third-order valence-electron chi connectivity index (χ3n) is 5.16. The lowest BCUT2D eigenvalue weighted by Gasteiger charge is -2.30. The van der Waals surface area contributed by atoms with Gasteiger partial charge in [0.2, 0.25) is 5.91 Å². The second-order valence-corrected chi connectivity index (χ2v) is 6.77. The van der Waals surface area contributed by atoms with Gasteiger partial charge < -0.3 is 14.6 Å². The summed E-state index contributed by atoms with van der Waals surface area (Å²) in [5, 5.41) is 12.2. The molecule has 0 fully saturated rings. The molecule has 2 aromatic carbocycles. The van der Waals surface area contributed by atoms with Gasteiger partial charge in [0.1, 0.15) is 24.0 Å². The lowest BCUT2D eigenvalue weighted by Crippen LogP contribution is -2.28. The van der Waals surface area contributed by atoms with Crippen LogP contribution >= 0.6 is 0 Å². The fourth-order valence-corrected chi connectivity index (χ4v) is 3.59.